The molecule has 3 N–H and O–H groups in total. The van der Waals surface area contributed by atoms with Gasteiger partial charge in [0.1, 0.15) is 0 Å². The summed E-state index contributed by atoms with van der Waals surface area (Å²) in [4.78, 5) is 11.8. The molecule has 1 atom stereocenters. The van der Waals surface area contributed by atoms with Crippen LogP contribution in [0.1, 0.15) is 33.6 Å². The molecule has 13 heavy (non-hydrogen) atoms. The van der Waals surface area contributed by atoms with E-state index in [1.807, 2.05) is 20.8 Å². The summed E-state index contributed by atoms with van der Waals surface area (Å²) < 4.78 is 0. The predicted molar refractivity (Wildman–Crippen MR) is 58.5 cm³/mol. The topological polar surface area (TPSA) is 55.1 Å². The van der Waals surface area contributed by atoms with Gasteiger partial charge in [-0.2, -0.15) is 0 Å². The lowest BCUT2D eigenvalue weighted by Crippen LogP contribution is -2.40. The number of rotatable bonds is 5. The SMILES string of the molecule is CCCC(C(=O)NC(C)C)C(N)=S. The van der Waals surface area contributed by atoms with Crippen molar-refractivity contribution >= 4 is 23.1 Å². The average Bonchev–Trinajstić information content (AvgIpc) is 1.97. The summed E-state index contributed by atoms with van der Waals surface area (Å²) in [7, 11) is 0. The fraction of sp³-hybridized carbons (Fsp3) is 0.778. The summed E-state index contributed by atoms with van der Waals surface area (Å²) >= 11 is 4.83. The molecule has 0 aromatic rings. The van der Waals surface area contributed by atoms with Crippen molar-refractivity contribution in [1.82, 2.24) is 5.32 Å². The molecule has 0 aromatic carbocycles. The van der Waals surface area contributed by atoms with Crippen LogP contribution in [-0.2, 0) is 4.79 Å². The van der Waals surface area contributed by atoms with Crippen molar-refractivity contribution in [3.05, 3.63) is 0 Å². The summed E-state index contributed by atoms with van der Waals surface area (Å²) in [5.41, 5.74) is 5.47. The first-order valence-electron chi connectivity index (χ1n) is 4.58. The van der Waals surface area contributed by atoms with Gasteiger partial charge in [0.25, 0.3) is 0 Å². The minimum absolute atomic E-state index is 0.0515. The number of nitrogens with one attached hydrogen (secondary N) is 1. The van der Waals surface area contributed by atoms with E-state index in [0.29, 0.717) is 4.99 Å². The van der Waals surface area contributed by atoms with Crippen LogP contribution >= 0.6 is 12.2 Å². The Labute approximate surface area is 85.1 Å². The lowest BCUT2D eigenvalue weighted by molar-refractivity contribution is -0.123. The molecule has 0 aliphatic carbocycles. The van der Waals surface area contributed by atoms with Gasteiger partial charge in [-0.05, 0) is 20.3 Å². The Morgan fingerprint density at radius 1 is 1.54 bits per heavy atom. The van der Waals surface area contributed by atoms with E-state index in [4.69, 9.17) is 18.0 Å². The van der Waals surface area contributed by atoms with E-state index >= 15 is 0 Å². The number of hydrogen-bond donors (Lipinski definition) is 2. The molecular weight excluding hydrogens is 184 g/mol. The summed E-state index contributed by atoms with van der Waals surface area (Å²) in [6.45, 7) is 5.84. The van der Waals surface area contributed by atoms with E-state index in [9.17, 15) is 4.79 Å². The van der Waals surface area contributed by atoms with Crippen molar-refractivity contribution in [2.45, 2.75) is 39.7 Å². The van der Waals surface area contributed by atoms with Crippen LogP contribution in [0.15, 0.2) is 0 Å². The lowest BCUT2D eigenvalue weighted by atomic mass is 10.0. The van der Waals surface area contributed by atoms with E-state index in [-0.39, 0.29) is 17.9 Å². The third kappa shape index (κ3) is 4.83. The van der Waals surface area contributed by atoms with Gasteiger partial charge >= 0.3 is 0 Å². The van der Waals surface area contributed by atoms with Crippen molar-refractivity contribution in [2.24, 2.45) is 11.7 Å². The second-order valence-electron chi connectivity index (χ2n) is 3.41. The maximum absolute atomic E-state index is 11.5. The molecule has 0 fully saturated rings. The Balaban J connectivity index is 4.20. The van der Waals surface area contributed by atoms with E-state index in [0.717, 1.165) is 12.8 Å². The van der Waals surface area contributed by atoms with Crippen LogP contribution < -0.4 is 11.1 Å². The van der Waals surface area contributed by atoms with E-state index in [2.05, 4.69) is 5.32 Å². The molecule has 3 nitrogen and oxygen atoms in total. The van der Waals surface area contributed by atoms with E-state index < -0.39 is 0 Å². The Kier molecular flexibility index (Phi) is 5.62. The third-order valence-electron chi connectivity index (χ3n) is 1.67. The minimum Gasteiger partial charge on any atom is -0.393 e. The van der Waals surface area contributed by atoms with Crippen LogP contribution in [-0.4, -0.2) is 16.9 Å². The summed E-state index contributed by atoms with van der Waals surface area (Å²) in [6, 6.07) is 0.140. The number of thiocarbonyl (C=S) groups is 1. The van der Waals surface area contributed by atoms with Crippen molar-refractivity contribution in [1.29, 1.82) is 0 Å². The van der Waals surface area contributed by atoms with Gasteiger partial charge in [0.2, 0.25) is 5.91 Å². The first kappa shape index (κ1) is 12.4. The minimum atomic E-state index is -0.303. The van der Waals surface area contributed by atoms with Gasteiger partial charge in [-0.3, -0.25) is 4.79 Å². The molecule has 0 radical (unpaired) electrons. The van der Waals surface area contributed by atoms with Crippen LogP contribution in [0.4, 0.5) is 0 Å². The van der Waals surface area contributed by atoms with Gasteiger partial charge in [-0.15, -0.1) is 0 Å². The zero-order chi connectivity index (χ0) is 10.4. The number of hydrogen-bond acceptors (Lipinski definition) is 2. The van der Waals surface area contributed by atoms with Crippen LogP contribution in [0.2, 0.25) is 0 Å². The molecule has 0 aliphatic heterocycles. The monoisotopic (exact) mass is 202 g/mol. The Morgan fingerprint density at radius 2 is 2.08 bits per heavy atom. The second-order valence-corrected chi connectivity index (χ2v) is 3.88. The standard InChI is InChI=1S/C9H18N2OS/c1-4-5-7(8(10)13)9(12)11-6(2)3/h6-7H,4-5H2,1-3H3,(H2,10,13)(H,11,12). The average molecular weight is 202 g/mol. The smallest absolute Gasteiger partial charge is 0.230 e. The first-order chi connectivity index (χ1) is 5.99. The molecule has 0 saturated heterocycles. The number of amides is 1. The first-order valence-corrected chi connectivity index (χ1v) is 4.99. The third-order valence-corrected chi connectivity index (χ3v) is 1.95. The fourth-order valence-electron chi connectivity index (χ4n) is 1.08. The molecule has 0 aliphatic rings. The molecule has 0 aromatic heterocycles. The van der Waals surface area contributed by atoms with Gasteiger partial charge in [-0.25, -0.2) is 0 Å². The Hall–Kier alpha value is -0.640. The van der Waals surface area contributed by atoms with Crippen molar-refractivity contribution in [3.8, 4) is 0 Å². The van der Waals surface area contributed by atoms with Crippen LogP contribution in [0.5, 0.6) is 0 Å². The van der Waals surface area contributed by atoms with Gasteiger partial charge in [0, 0.05) is 6.04 Å². The van der Waals surface area contributed by atoms with E-state index in [1.54, 1.807) is 0 Å². The zero-order valence-corrected chi connectivity index (χ0v) is 9.28. The molecular formula is C9H18N2OS. The van der Waals surface area contributed by atoms with Gasteiger partial charge in [0.05, 0.1) is 10.9 Å². The van der Waals surface area contributed by atoms with E-state index in [1.165, 1.54) is 0 Å². The molecule has 1 unspecified atom stereocenters. The molecule has 0 heterocycles. The normalized spacial score (nSPS) is 12.6. The van der Waals surface area contributed by atoms with Crippen molar-refractivity contribution in [3.63, 3.8) is 0 Å². The lowest BCUT2D eigenvalue weighted by Gasteiger charge is -2.16. The van der Waals surface area contributed by atoms with Crippen molar-refractivity contribution < 1.29 is 4.79 Å². The molecule has 0 rings (SSSR count). The molecule has 0 spiro atoms. The zero-order valence-electron chi connectivity index (χ0n) is 8.46. The number of nitrogens with two attached hydrogens (primary N) is 1. The summed E-state index contributed by atoms with van der Waals surface area (Å²) in [5.74, 6) is -0.355. The van der Waals surface area contributed by atoms with Crippen LogP contribution in [0, 0.1) is 5.92 Å². The molecule has 0 saturated carbocycles. The highest BCUT2D eigenvalue weighted by molar-refractivity contribution is 7.80. The Morgan fingerprint density at radius 3 is 2.38 bits per heavy atom. The quantitative estimate of drug-likeness (QED) is 0.659. The highest BCUT2D eigenvalue weighted by Crippen LogP contribution is 2.07. The van der Waals surface area contributed by atoms with Crippen molar-refractivity contribution in [2.75, 3.05) is 0 Å². The molecule has 0 bridgehead atoms. The highest BCUT2D eigenvalue weighted by Gasteiger charge is 2.20. The van der Waals surface area contributed by atoms with Crippen LogP contribution in [0.3, 0.4) is 0 Å². The fourth-order valence-corrected chi connectivity index (χ4v) is 1.30. The van der Waals surface area contributed by atoms with Gasteiger partial charge < -0.3 is 11.1 Å². The largest absolute Gasteiger partial charge is 0.393 e. The molecule has 1 amide bonds. The highest BCUT2D eigenvalue weighted by atomic mass is 32.1. The number of carbonyl (C=O) groups is 1. The van der Waals surface area contributed by atoms with Gasteiger partial charge in [-0.1, -0.05) is 25.6 Å². The Bertz CT molecular complexity index is 192. The maximum Gasteiger partial charge on any atom is 0.230 e. The number of carbonyl (C=O) groups excluding carboxylic acids is 1. The predicted octanol–water partition coefficient (Wildman–Crippen LogP) is 1.21. The second kappa shape index (κ2) is 5.91. The maximum atomic E-state index is 11.5. The van der Waals surface area contributed by atoms with Crippen LogP contribution in [0.25, 0.3) is 0 Å². The summed E-state index contributed by atoms with van der Waals surface area (Å²) in [5, 5.41) is 2.80. The molecule has 4 heteroatoms. The van der Waals surface area contributed by atoms with Gasteiger partial charge in [0.15, 0.2) is 0 Å². The summed E-state index contributed by atoms with van der Waals surface area (Å²) in [6.07, 6.45) is 1.64. The molecule has 76 valence electrons.